The fourth-order valence-corrected chi connectivity index (χ4v) is 1.74. The van der Waals surface area contributed by atoms with E-state index >= 15 is 0 Å². The van der Waals surface area contributed by atoms with Crippen molar-refractivity contribution in [2.45, 2.75) is 0 Å². The zero-order valence-corrected chi connectivity index (χ0v) is 10.4. The van der Waals surface area contributed by atoms with Crippen molar-refractivity contribution >= 4 is 23.5 Å². The highest BCUT2D eigenvalue weighted by Crippen LogP contribution is 2.24. The molecule has 0 aliphatic carbocycles. The largest absolute Gasteiger partial charge is 0.276 e. The van der Waals surface area contributed by atoms with E-state index < -0.39 is 4.92 Å². The molecule has 0 spiro atoms. The van der Waals surface area contributed by atoms with E-state index in [1.165, 1.54) is 6.07 Å². The number of nitrogens with zero attached hydrogens (tertiary/aromatic N) is 4. The molecule has 20 heavy (non-hydrogen) atoms. The van der Waals surface area contributed by atoms with Crippen LogP contribution in [0.4, 0.5) is 11.4 Å². The first-order valence-corrected chi connectivity index (χ1v) is 5.78. The molecule has 0 saturated carbocycles. The maximum Gasteiger partial charge on any atom is 0.276 e. The minimum absolute atomic E-state index is 0.0324. The van der Waals surface area contributed by atoms with Crippen LogP contribution in [0.25, 0.3) is 22.6 Å². The summed E-state index contributed by atoms with van der Waals surface area (Å²) in [7, 11) is 0. The first-order valence-electron chi connectivity index (χ1n) is 5.78. The number of rotatable bonds is 4. The van der Waals surface area contributed by atoms with E-state index in [9.17, 15) is 10.1 Å². The molecule has 6 heteroatoms. The molecule has 0 fully saturated rings. The summed E-state index contributed by atoms with van der Waals surface area (Å²) >= 11 is 0. The molecule has 0 aromatic heterocycles. The smallest absolute Gasteiger partial charge is 0.258 e. The lowest BCUT2D eigenvalue weighted by molar-refractivity contribution is -0.385. The Morgan fingerprint density at radius 3 is 2.35 bits per heavy atom. The summed E-state index contributed by atoms with van der Waals surface area (Å²) in [6.07, 6.45) is 3.32. The number of azide groups is 1. The van der Waals surface area contributed by atoms with Crippen LogP contribution in [-0.4, -0.2) is 4.92 Å². The third-order valence-corrected chi connectivity index (χ3v) is 2.67. The average Bonchev–Trinajstić information content (AvgIpc) is 2.47. The van der Waals surface area contributed by atoms with Gasteiger partial charge >= 0.3 is 0 Å². The molecule has 0 aliphatic heterocycles. The summed E-state index contributed by atoms with van der Waals surface area (Å²) in [4.78, 5) is 13.2. The summed E-state index contributed by atoms with van der Waals surface area (Å²) in [6, 6.07) is 13.5. The van der Waals surface area contributed by atoms with Crippen LogP contribution in [0.15, 0.2) is 53.6 Å². The van der Waals surface area contributed by atoms with Crippen molar-refractivity contribution in [2.24, 2.45) is 5.11 Å². The zero-order valence-electron chi connectivity index (χ0n) is 10.4. The predicted octanol–water partition coefficient (Wildman–Crippen LogP) is 4.71. The Kier molecular flexibility index (Phi) is 4.11. The molecular formula is C14H10N4O2. The molecule has 0 bridgehead atoms. The van der Waals surface area contributed by atoms with Crippen LogP contribution >= 0.6 is 0 Å². The highest BCUT2D eigenvalue weighted by Gasteiger charge is 2.09. The van der Waals surface area contributed by atoms with Gasteiger partial charge in [0, 0.05) is 16.7 Å². The van der Waals surface area contributed by atoms with Gasteiger partial charge in [-0.3, -0.25) is 10.1 Å². The number of hydrogen-bond acceptors (Lipinski definition) is 3. The van der Waals surface area contributed by atoms with Crippen LogP contribution in [0.5, 0.6) is 0 Å². The topological polar surface area (TPSA) is 91.9 Å². The highest BCUT2D eigenvalue weighted by molar-refractivity contribution is 5.78. The lowest BCUT2D eigenvalue weighted by atomic mass is 10.1. The van der Waals surface area contributed by atoms with E-state index in [-0.39, 0.29) is 5.69 Å². The van der Waals surface area contributed by atoms with Gasteiger partial charge < -0.3 is 0 Å². The van der Waals surface area contributed by atoms with Crippen molar-refractivity contribution in [3.63, 3.8) is 0 Å². The van der Waals surface area contributed by atoms with Gasteiger partial charge in [0.05, 0.1) is 10.5 Å². The molecule has 0 unspecified atom stereocenters. The van der Waals surface area contributed by atoms with E-state index in [0.29, 0.717) is 16.8 Å². The second-order valence-corrected chi connectivity index (χ2v) is 3.90. The van der Waals surface area contributed by atoms with Gasteiger partial charge in [-0.15, -0.1) is 0 Å². The van der Waals surface area contributed by atoms with Crippen molar-refractivity contribution in [1.82, 2.24) is 0 Å². The van der Waals surface area contributed by atoms with E-state index in [0.717, 1.165) is 0 Å². The minimum Gasteiger partial charge on any atom is -0.258 e. The van der Waals surface area contributed by atoms with Crippen molar-refractivity contribution < 1.29 is 4.92 Å². The number of benzene rings is 2. The van der Waals surface area contributed by atoms with E-state index in [4.69, 9.17) is 5.53 Å². The summed E-state index contributed by atoms with van der Waals surface area (Å²) in [5, 5.41) is 14.5. The Balaban J connectivity index is 2.40. The van der Waals surface area contributed by atoms with Gasteiger partial charge in [-0.25, -0.2) is 0 Å². The third-order valence-electron chi connectivity index (χ3n) is 2.67. The quantitative estimate of drug-likeness (QED) is 0.200. The number of para-hydroxylation sites is 1. The van der Waals surface area contributed by atoms with Gasteiger partial charge in [0.2, 0.25) is 0 Å². The van der Waals surface area contributed by atoms with Crippen molar-refractivity contribution in [1.29, 1.82) is 0 Å². The normalized spacial score (nSPS) is 10.2. The van der Waals surface area contributed by atoms with Gasteiger partial charge in [0.25, 0.3) is 5.69 Å². The standard InChI is InChI=1S/C14H10N4O2/c15-17-16-13-7-3-1-5-11(13)9-10-12-6-2-4-8-14(12)18(19)20/h1-10H/b10-9+. The van der Waals surface area contributed by atoms with E-state index in [2.05, 4.69) is 10.0 Å². The molecule has 6 nitrogen and oxygen atoms in total. The van der Waals surface area contributed by atoms with Crippen molar-refractivity contribution in [3.05, 3.63) is 80.2 Å². The maximum absolute atomic E-state index is 10.9. The Bertz CT molecular complexity index is 671. The third kappa shape index (κ3) is 3.01. The molecule has 2 rings (SSSR count). The van der Waals surface area contributed by atoms with Crippen LogP contribution in [0.1, 0.15) is 11.1 Å². The summed E-state index contributed by atoms with van der Waals surface area (Å²) in [6.45, 7) is 0. The first kappa shape index (κ1) is 13.3. The predicted molar refractivity (Wildman–Crippen MR) is 77.3 cm³/mol. The minimum atomic E-state index is -0.432. The lowest BCUT2D eigenvalue weighted by Crippen LogP contribution is -1.90. The van der Waals surface area contributed by atoms with Gasteiger partial charge in [-0.05, 0) is 23.2 Å². The maximum atomic E-state index is 10.9. The zero-order chi connectivity index (χ0) is 14.4. The van der Waals surface area contributed by atoms with E-state index in [1.54, 1.807) is 54.6 Å². The molecule has 0 heterocycles. The van der Waals surface area contributed by atoms with Crippen LogP contribution in [0, 0.1) is 10.1 Å². The van der Waals surface area contributed by atoms with Crippen LogP contribution in [-0.2, 0) is 0 Å². The van der Waals surface area contributed by atoms with Crippen LogP contribution < -0.4 is 0 Å². The molecular weight excluding hydrogens is 256 g/mol. The highest BCUT2D eigenvalue weighted by atomic mass is 16.6. The van der Waals surface area contributed by atoms with Crippen LogP contribution in [0.3, 0.4) is 0 Å². The van der Waals surface area contributed by atoms with Crippen molar-refractivity contribution in [2.75, 3.05) is 0 Å². The summed E-state index contributed by atoms with van der Waals surface area (Å²) in [5.74, 6) is 0. The van der Waals surface area contributed by atoms with Crippen LogP contribution in [0.2, 0.25) is 0 Å². The molecule has 0 N–H and O–H groups in total. The molecule has 0 aliphatic rings. The molecule has 0 radical (unpaired) electrons. The monoisotopic (exact) mass is 266 g/mol. The molecule has 0 amide bonds. The number of nitro groups is 1. The Hall–Kier alpha value is -3.11. The van der Waals surface area contributed by atoms with Crippen molar-refractivity contribution in [3.8, 4) is 0 Å². The SMILES string of the molecule is [N-]=[N+]=Nc1ccccc1/C=C/c1ccccc1[N+](=O)[O-]. The van der Waals surface area contributed by atoms with E-state index in [1.807, 2.05) is 0 Å². The number of nitro benzene ring substituents is 1. The summed E-state index contributed by atoms with van der Waals surface area (Å²) in [5.41, 5.74) is 10.2. The second kappa shape index (κ2) is 6.17. The fraction of sp³-hybridized carbons (Fsp3) is 0. The molecule has 2 aromatic carbocycles. The van der Waals surface area contributed by atoms with Gasteiger partial charge in [0.1, 0.15) is 0 Å². The van der Waals surface area contributed by atoms with Gasteiger partial charge in [0.15, 0.2) is 0 Å². The lowest BCUT2D eigenvalue weighted by Gasteiger charge is -1.99. The fourth-order valence-electron chi connectivity index (χ4n) is 1.74. The molecule has 98 valence electrons. The van der Waals surface area contributed by atoms with Gasteiger partial charge in [-0.1, -0.05) is 47.6 Å². The average molecular weight is 266 g/mol. The molecule has 0 atom stereocenters. The van der Waals surface area contributed by atoms with Gasteiger partial charge in [-0.2, -0.15) is 0 Å². The molecule has 2 aromatic rings. The Morgan fingerprint density at radius 2 is 1.65 bits per heavy atom. The number of hydrogen-bond donors (Lipinski definition) is 0. The first-order chi connectivity index (χ1) is 9.72. The second-order valence-electron chi connectivity index (χ2n) is 3.90. The Morgan fingerprint density at radius 1 is 1.05 bits per heavy atom. The molecule has 0 saturated heterocycles. The Labute approximate surface area is 114 Å². The summed E-state index contributed by atoms with van der Waals surface area (Å²) < 4.78 is 0.